The van der Waals surface area contributed by atoms with E-state index in [-0.39, 0.29) is 35.9 Å². The Morgan fingerprint density at radius 3 is 2.68 bits per heavy atom. The fourth-order valence-corrected chi connectivity index (χ4v) is 7.75. The second-order valence-electron chi connectivity index (χ2n) is 13.2. The number of benzene rings is 1. The number of nitrogens with zero attached hydrogens (tertiary/aromatic N) is 6. The highest BCUT2D eigenvalue weighted by Gasteiger charge is 2.51. The fraction of sp³-hybridized carbons (Fsp3) is 0.576. The molecule has 1 aromatic heterocycles. The molecule has 2 bridgehead atoms. The lowest BCUT2D eigenvalue weighted by atomic mass is 9.88. The van der Waals surface area contributed by atoms with E-state index in [2.05, 4.69) is 20.2 Å². The van der Waals surface area contributed by atoms with Crippen LogP contribution in [-0.4, -0.2) is 94.6 Å². The van der Waals surface area contributed by atoms with Gasteiger partial charge in [0.15, 0.2) is 5.82 Å². The maximum Gasteiger partial charge on any atom is 0.256 e. The molecule has 1 aromatic carbocycles. The predicted octanol–water partition coefficient (Wildman–Crippen LogP) is 4.08. The van der Waals surface area contributed by atoms with Crippen molar-refractivity contribution in [3.05, 3.63) is 53.8 Å². The first-order chi connectivity index (χ1) is 21.2. The van der Waals surface area contributed by atoms with Crippen molar-refractivity contribution < 1.29 is 18.4 Å². The number of carbonyl (C=O) groups is 2. The number of aromatic nitrogens is 2. The Bertz CT molecular complexity index is 1480. The normalized spacial score (nSPS) is 27.6. The van der Waals surface area contributed by atoms with E-state index >= 15 is 4.39 Å². The van der Waals surface area contributed by atoms with Gasteiger partial charge in [0.2, 0.25) is 5.91 Å². The molecular formula is C33H41F2N7O2. The van der Waals surface area contributed by atoms with E-state index in [0.29, 0.717) is 55.5 Å². The first-order valence-electron chi connectivity index (χ1n) is 16.1. The van der Waals surface area contributed by atoms with Gasteiger partial charge in [-0.2, -0.15) is 0 Å². The monoisotopic (exact) mass is 605 g/mol. The number of halogens is 2. The molecule has 11 heteroatoms. The number of nitrogens with one attached hydrogen (secondary N) is 1. The van der Waals surface area contributed by atoms with E-state index in [1.807, 2.05) is 36.6 Å². The third-order valence-electron chi connectivity index (χ3n) is 10.2. The standard InChI is InChI=1S/C33H41F2N7O2/c1-4-40(19(2)3)32(43)24-14-21(34)7-8-27(24)42-12-11-41(31-28(42)16-36-18-37-31)22-9-10-39(17-22)33(44)30-25-15-26(38-30)23(29(25)35)13-20-5-6-20/h7-8,14-16,18-20,22-23,26,29-30,38H,4-6,9-13,17H2,1-3H3/t22-,23+,26+,29+,30+/m1/s1. The summed E-state index contributed by atoms with van der Waals surface area (Å²) in [5.41, 5.74) is 2.29. The van der Waals surface area contributed by atoms with Crippen molar-refractivity contribution in [1.29, 1.82) is 0 Å². The van der Waals surface area contributed by atoms with Gasteiger partial charge in [0.05, 0.1) is 17.4 Å². The molecule has 4 heterocycles. The third-order valence-corrected chi connectivity index (χ3v) is 10.2. The summed E-state index contributed by atoms with van der Waals surface area (Å²) in [5, 5.41) is 3.43. The molecule has 44 heavy (non-hydrogen) atoms. The second kappa shape index (κ2) is 11.4. The van der Waals surface area contributed by atoms with Gasteiger partial charge in [-0.05, 0) is 63.3 Å². The van der Waals surface area contributed by atoms with Gasteiger partial charge in [-0.15, -0.1) is 0 Å². The van der Waals surface area contributed by atoms with Crippen LogP contribution in [0.5, 0.6) is 0 Å². The number of likely N-dealkylation sites (tertiary alicyclic amines) is 1. The molecule has 1 N–H and O–H groups in total. The zero-order valence-corrected chi connectivity index (χ0v) is 25.6. The molecule has 2 aliphatic carbocycles. The Morgan fingerprint density at radius 2 is 1.95 bits per heavy atom. The zero-order valence-electron chi connectivity index (χ0n) is 25.6. The van der Waals surface area contributed by atoms with Crippen molar-refractivity contribution in [3.8, 4) is 0 Å². The summed E-state index contributed by atoms with van der Waals surface area (Å²) in [5.74, 6) is 0.603. The lowest BCUT2D eigenvalue weighted by Gasteiger charge is -2.41. The van der Waals surface area contributed by atoms with E-state index in [9.17, 15) is 14.0 Å². The summed E-state index contributed by atoms with van der Waals surface area (Å²) in [6.07, 6.45) is 8.25. The molecule has 0 spiro atoms. The number of carbonyl (C=O) groups excluding carboxylic acids is 2. The summed E-state index contributed by atoms with van der Waals surface area (Å²) >= 11 is 0. The summed E-state index contributed by atoms with van der Waals surface area (Å²) < 4.78 is 29.8. The van der Waals surface area contributed by atoms with Crippen molar-refractivity contribution in [2.75, 3.05) is 42.5 Å². The molecule has 5 atom stereocenters. The van der Waals surface area contributed by atoms with Gasteiger partial charge in [-0.25, -0.2) is 18.7 Å². The quantitative estimate of drug-likeness (QED) is 0.454. The number of fused-ring (bicyclic) bond motifs is 2. The topological polar surface area (TPSA) is 84.9 Å². The van der Waals surface area contributed by atoms with Crippen LogP contribution >= 0.6 is 0 Å². The average molecular weight is 606 g/mol. The minimum absolute atomic E-state index is 0.0324. The van der Waals surface area contributed by atoms with E-state index < -0.39 is 18.0 Å². The van der Waals surface area contributed by atoms with Crippen LogP contribution in [0.4, 0.5) is 26.0 Å². The minimum atomic E-state index is -1.03. The Hall–Kier alpha value is -3.60. The van der Waals surface area contributed by atoms with Gasteiger partial charge in [-0.3, -0.25) is 14.9 Å². The third kappa shape index (κ3) is 5.02. The SMILES string of the molecule is CCN(C(=O)c1cc(F)ccc1N1CCN([C@@H]2CCN(C(=O)[C@H]3N[C@H]4C=C3[C@@H](F)[C@H]4CC3CC3)C2)c2ncncc21)C(C)C. The summed E-state index contributed by atoms with van der Waals surface area (Å²) in [6.45, 7) is 8.60. The van der Waals surface area contributed by atoms with Crippen LogP contribution in [0.2, 0.25) is 0 Å². The molecular weight excluding hydrogens is 564 g/mol. The van der Waals surface area contributed by atoms with Crippen molar-refractivity contribution in [1.82, 2.24) is 25.1 Å². The van der Waals surface area contributed by atoms with E-state index in [1.54, 1.807) is 17.2 Å². The van der Waals surface area contributed by atoms with E-state index in [0.717, 1.165) is 24.3 Å². The van der Waals surface area contributed by atoms with Gasteiger partial charge in [0.25, 0.3) is 5.91 Å². The van der Waals surface area contributed by atoms with Crippen LogP contribution in [0.3, 0.4) is 0 Å². The largest absolute Gasteiger partial charge is 0.348 e. The smallest absolute Gasteiger partial charge is 0.256 e. The maximum atomic E-state index is 15.3. The van der Waals surface area contributed by atoms with Crippen LogP contribution in [0.1, 0.15) is 56.8 Å². The number of amides is 2. The molecule has 234 valence electrons. The summed E-state index contributed by atoms with van der Waals surface area (Å²) in [7, 11) is 0. The lowest BCUT2D eigenvalue weighted by molar-refractivity contribution is -0.132. The first kappa shape index (κ1) is 29.1. The highest BCUT2D eigenvalue weighted by atomic mass is 19.1. The highest BCUT2D eigenvalue weighted by molar-refractivity contribution is 6.01. The number of hydrogen-bond donors (Lipinski definition) is 1. The van der Waals surface area contributed by atoms with Crippen molar-refractivity contribution in [2.24, 2.45) is 11.8 Å². The Balaban J connectivity index is 1.08. The van der Waals surface area contributed by atoms with Crippen LogP contribution in [0.15, 0.2) is 42.4 Å². The van der Waals surface area contributed by atoms with Gasteiger partial charge in [0, 0.05) is 56.8 Å². The number of piperidine rings is 1. The molecule has 2 amide bonds. The summed E-state index contributed by atoms with van der Waals surface area (Å²) in [6, 6.07) is 3.74. The highest BCUT2D eigenvalue weighted by Crippen LogP contribution is 2.46. The molecule has 0 unspecified atom stereocenters. The second-order valence-corrected chi connectivity index (χ2v) is 13.2. The average Bonchev–Trinajstić information content (AvgIpc) is 3.40. The molecule has 3 aliphatic heterocycles. The van der Waals surface area contributed by atoms with Crippen molar-refractivity contribution in [3.63, 3.8) is 0 Å². The molecule has 1 saturated heterocycles. The predicted molar refractivity (Wildman–Crippen MR) is 164 cm³/mol. The Labute approximate surface area is 257 Å². The van der Waals surface area contributed by atoms with Crippen molar-refractivity contribution in [2.45, 2.75) is 76.8 Å². The first-order valence-corrected chi connectivity index (χ1v) is 16.1. The molecule has 5 aliphatic rings. The van der Waals surface area contributed by atoms with Gasteiger partial charge >= 0.3 is 0 Å². The van der Waals surface area contributed by atoms with Crippen LogP contribution in [-0.2, 0) is 4.79 Å². The molecule has 9 nitrogen and oxygen atoms in total. The molecule has 7 rings (SSSR count). The van der Waals surface area contributed by atoms with E-state index in [4.69, 9.17) is 0 Å². The maximum absolute atomic E-state index is 15.3. The summed E-state index contributed by atoms with van der Waals surface area (Å²) in [4.78, 5) is 44.0. The number of alkyl halides is 1. The molecule has 2 aromatic rings. The van der Waals surface area contributed by atoms with Gasteiger partial charge in [-0.1, -0.05) is 18.9 Å². The van der Waals surface area contributed by atoms with Gasteiger partial charge in [0.1, 0.15) is 30.0 Å². The fourth-order valence-electron chi connectivity index (χ4n) is 7.75. The Kier molecular flexibility index (Phi) is 7.54. The minimum Gasteiger partial charge on any atom is -0.348 e. The van der Waals surface area contributed by atoms with Crippen molar-refractivity contribution >= 4 is 29.0 Å². The molecule has 2 fully saturated rings. The van der Waals surface area contributed by atoms with E-state index in [1.165, 1.54) is 31.3 Å². The lowest BCUT2D eigenvalue weighted by Crippen LogP contribution is -2.54. The Morgan fingerprint density at radius 1 is 1.14 bits per heavy atom. The van der Waals surface area contributed by atoms with Crippen LogP contribution < -0.4 is 15.1 Å². The molecule has 0 radical (unpaired) electrons. The van der Waals surface area contributed by atoms with Gasteiger partial charge < -0.3 is 19.6 Å². The zero-order chi connectivity index (χ0) is 30.7. The van der Waals surface area contributed by atoms with Crippen LogP contribution in [0, 0.1) is 17.7 Å². The van der Waals surface area contributed by atoms with Crippen LogP contribution in [0.25, 0.3) is 0 Å². The number of rotatable bonds is 8. The number of hydrogen-bond acceptors (Lipinski definition) is 7. The molecule has 1 saturated carbocycles. The number of anilines is 3.